The summed E-state index contributed by atoms with van der Waals surface area (Å²) in [7, 11) is 0. The molecule has 0 saturated carbocycles. The van der Waals surface area contributed by atoms with Gasteiger partial charge in [0.05, 0.1) is 0 Å². The predicted molar refractivity (Wildman–Crippen MR) is 124 cm³/mol. The molecule has 2 N–H and O–H groups in total. The first-order valence-electron chi connectivity index (χ1n) is 11.1. The van der Waals surface area contributed by atoms with E-state index in [1.165, 1.54) is 17.5 Å². The van der Waals surface area contributed by atoms with Gasteiger partial charge in [-0.05, 0) is 65.0 Å². The van der Waals surface area contributed by atoms with Crippen molar-refractivity contribution in [1.29, 1.82) is 0 Å². The van der Waals surface area contributed by atoms with Crippen molar-refractivity contribution in [3.05, 3.63) is 82.6 Å². The highest BCUT2D eigenvalue weighted by atomic mass is 16.6. The van der Waals surface area contributed by atoms with Crippen molar-refractivity contribution in [2.75, 3.05) is 0 Å². The minimum absolute atomic E-state index is 0.0943. The van der Waals surface area contributed by atoms with Crippen molar-refractivity contribution in [3.63, 3.8) is 0 Å². The molecule has 1 aromatic heterocycles. The van der Waals surface area contributed by atoms with Gasteiger partial charge in [-0.3, -0.25) is 4.84 Å². The molecule has 168 valence electrons. The molecule has 1 heterocycles. The van der Waals surface area contributed by atoms with Crippen LogP contribution in [0.2, 0.25) is 0 Å². The summed E-state index contributed by atoms with van der Waals surface area (Å²) in [5, 5.41) is 12.8. The van der Waals surface area contributed by atoms with E-state index >= 15 is 0 Å². The molecular formula is C27H32NO4+. The average molecular weight is 435 g/mol. The van der Waals surface area contributed by atoms with Crippen LogP contribution in [-0.2, 0) is 22.3 Å². The van der Waals surface area contributed by atoms with Crippen LogP contribution in [0.15, 0.2) is 59.0 Å². The van der Waals surface area contributed by atoms with Crippen molar-refractivity contribution in [2.45, 2.75) is 64.9 Å². The first kappa shape index (κ1) is 22.0. The molecule has 0 unspecified atom stereocenters. The van der Waals surface area contributed by atoms with E-state index in [4.69, 9.17) is 14.0 Å². The van der Waals surface area contributed by atoms with Gasteiger partial charge in [-0.1, -0.05) is 64.1 Å². The maximum absolute atomic E-state index is 10.2. The summed E-state index contributed by atoms with van der Waals surface area (Å²) in [6, 6.07) is 17.4. The number of fused-ring (bicyclic) bond motifs is 1. The van der Waals surface area contributed by atoms with Crippen molar-refractivity contribution in [1.82, 2.24) is 0 Å². The molecule has 0 saturated heterocycles. The minimum Gasteiger partial charge on any atom is -0.454 e. The highest BCUT2D eigenvalue weighted by Gasteiger charge is 2.37. The third-order valence-electron chi connectivity index (χ3n) is 6.42. The van der Waals surface area contributed by atoms with Crippen LogP contribution in [-0.4, -0.2) is 11.0 Å². The van der Waals surface area contributed by atoms with Gasteiger partial charge in [-0.2, -0.15) is 0 Å². The van der Waals surface area contributed by atoms with Gasteiger partial charge in [-0.25, -0.2) is 0 Å². The fourth-order valence-corrected chi connectivity index (χ4v) is 4.24. The summed E-state index contributed by atoms with van der Waals surface area (Å²) < 4.78 is 11.8. The number of furan rings is 1. The topological polar surface area (TPSA) is 65.8 Å². The largest absolute Gasteiger partial charge is 0.454 e. The van der Waals surface area contributed by atoms with Crippen LogP contribution in [0.4, 0.5) is 0 Å². The molecule has 1 aliphatic rings. The van der Waals surface area contributed by atoms with Gasteiger partial charge >= 0.3 is 5.90 Å². The van der Waals surface area contributed by atoms with Gasteiger partial charge in [0.15, 0.2) is 6.61 Å². The summed E-state index contributed by atoms with van der Waals surface area (Å²) in [5.74, 6) is 1.11. The molecule has 1 aliphatic carbocycles. The quantitative estimate of drug-likeness (QED) is 0.316. The Morgan fingerprint density at radius 3 is 2.31 bits per heavy atom. The molecule has 0 aliphatic heterocycles. The van der Waals surface area contributed by atoms with Crippen LogP contribution >= 0.6 is 0 Å². The molecule has 5 heteroatoms. The number of nitrogens with one attached hydrogen (secondary N) is 1. The van der Waals surface area contributed by atoms with Crippen LogP contribution in [0.5, 0.6) is 11.7 Å². The molecule has 5 nitrogen and oxygen atoms in total. The zero-order valence-electron chi connectivity index (χ0n) is 19.5. The number of aliphatic hydroxyl groups is 1. The molecule has 0 spiro atoms. The van der Waals surface area contributed by atoms with Gasteiger partial charge in [0, 0.05) is 11.2 Å². The average Bonchev–Trinajstić information content (AvgIpc) is 3.22. The fraction of sp³-hybridized carbons (Fsp3) is 0.370. The lowest BCUT2D eigenvalue weighted by Gasteiger charge is -2.42. The third kappa shape index (κ3) is 4.52. The molecule has 3 aromatic rings. The lowest BCUT2D eigenvalue weighted by atomic mass is 9.63. The Hall–Kier alpha value is -3.21. The molecule has 0 bridgehead atoms. The Labute approximate surface area is 189 Å². The van der Waals surface area contributed by atoms with E-state index in [1.807, 2.05) is 30.3 Å². The molecule has 0 atom stereocenters. The normalized spacial score (nSPS) is 17.0. The molecular weight excluding hydrogens is 402 g/mol. The van der Waals surface area contributed by atoms with Crippen LogP contribution in [0.25, 0.3) is 0 Å². The SMILES string of the molecule is Cc1cc2c(cc1Oc1ccc(/C(O)=[NH+]/OCc3ccccc3)o1)C(C)(C)CCC2(C)C. The van der Waals surface area contributed by atoms with E-state index in [0.717, 1.165) is 23.3 Å². The molecule has 2 aromatic carbocycles. The number of rotatable bonds is 6. The van der Waals surface area contributed by atoms with Gasteiger partial charge < -0.3 is 14.3 Å². The lowest BCUT2D eigenvalue weighted by Crippen LogP contribution is -2.72. The van der Waals surface area contributed by atoms with Crippen LogP contribution < -0.4 is 9.89 Å². The Balaban J connectivity index is 1.50. The van der Waals surface area contributed by atoms with Crippen LogP contribution in [0.3, 0.4) is 0 Å². The van der Waals surface area contributed by atoms with Gasteiger partial charge in [0.2, 0.25) is 5.76 Å². The van der Waals surface area contributed by atoms with E-state index < -0.39 is 0 Å². The number of hydrogen-bond acceptors (Lipinski definition) is 3. The molecule has 0 amide bonds. The summed E-state index contributed by atoms with van der Waals surface area (Å²) in [6.07, 6.45) is 2.31. The van der Waals surface area contributed by atoms with Gasteiger partial charge in [0.1, 0.15) is 5.75 Å². The highest BCUT2D eigenvalue weighted by Crippen LogP contribution is 2.48. The highest BCUT2D eigenvalue weighted by molar-refractivity contribution is 5.84. The zero-order chi connectivity index (χ0) is 22.9. The van der Waals surface area contributed by atoms with Gasteiger partial charge in [-0.15, -0.1) is 0 Å². The number of aliphatic hydroxyl groups excluding tert-OH is 1. The Kier molecular flexibility index (Phi) is 5.76. The van der Waals surface area contributed by atoms with Crippen LogP contribution in [0, 0.1) is 6.92 Å². The van der Waals surface area contributed by atoms with Crippen molar-refractivity contribution < 1.29 is 24.3 Å². The minimum atomic E-state index is -0.208. The summed E-state index contributed by atoms with van der Waals surface area (Å²) in [6.45, 7) is 11.6. The summed E-state index contributed by atoms with van der Waals surface area (Å²) in [4.78, 5) is 5.35. The first-order valence-corrected chi connectivity index (χ1v) is 11.1. The standard InChI is InChI=1S/C27H31NO4/c1-18-15-20-21(27(4,5)14-13-26(20,2)3)16-23(18)32-24-12-11-22(31-24)25(29)28-30-17-19-9-7-6-8-10-19/h6-12,15-16H,13-14,17H2,1-5H3,(H,28,29)/p+1. The number of ether oxygens (including phenoxy) is 1. The zero-order valence-corrected chi connectivity index (χ0v) is 19.5. The molecule has 4 rings (SSSR count). The van der Waals surface area contributed by atoms with Crippen LogP contribution in [0.1, 0.15) is 68.6 Å². The predicted octanol–water partition coefficient (Wildman–Crippen LogP) is 5.25. The van der Waals surface area contributed by atoms with E-state index in [1.54, 1.807) is 12.1 Å². The second kappa shape index (κ2) is 8.38. The van der Waals surface area contributed by atoms with Crippen molar-refractivity contribution in [3.8, 4) is 11.7 Å². The van der Waals surface area contributed by atoms with E-state index in [-0.39, 0.29) is 22.5 Å². The monoisotopic (exact) mass is 434 g/mol. The van der Waals surface area contributed by atoms with E-state index in [2.05, 4.69) is 51.9 Å². The molecule has 32 heavy (non-hydrogen) atoms. The van der Waals surface area contributed by atoms with E-state index in [0.29, 0.717) is 12.6 Å². The summed E-state index contributed by atoms with van der Waals surface area (Å²) >= 11 is 0. The van der Waals surface area contributed by atoms with E-state index in [9.17, 15) is 5.11 Å². The van der Waals surface area contributed by atoms with Crippen molar-refractivity contribution >= 4 is 5.90 Å². The fourth-order valence-electron chi connectivity index (χ4n) is 4.24. The number of hydrogen-bond donors (Lipinski definition) is 2. The van der Waals surface area contributed by atoms with Crippen molar-refractivity contribution in [2.24, 2.45) is 0 Å². The Morgan fingerprint density at radius 1 is 0.969 bits per heavy atom. The second-order valence-electron chi connectivity index (χ2n) is 9.88. The van der Waals surface area contributed by atoms with Gasteiger partial charge in [0.25, 0.3) is 5.95 Å². The Bertz CT molecular complexity index is 1130. The lowest BCUT2D eigenvalue weighted by molar-refractivity contribution is -0.763. The Morgan fingerprint density at radius 2 is 1.62 bits per heavy atom. The molecule has 0 fully saturated rings. The second-order valence-corrected chi connectivity index (χ2v) is 9.88. The summed E-state index contributed by atoms with van der Waals surface area (Å²) in [5.41, 5.74) is 5.01. The smallest absolute Gasteiger partial charge is 0.450 e. The maximum Gasteiger partial charge on any atom is 0.450 e. The third-order valence-corrected chi connectivity index (χ3v) is 6.42. The first-order chi connectivity index (χ1) is 15.2. The number of aryl methyl sites for hydroxylation is 1. The number of benzene rings is 2. The molecule has 0 radical (unpaired) electrons. The maximum atomic E-state index is 10.2.